The summed E-state index contributed by atoms with van der Waals surface area (Å²) in [6, 6.07) is 1.53. The van der Waals surface area contributed by atoms with Crippen LogP contribution in [0.15, 0.2) is 0 Å². The van der Waals surface area contributed by atoms with Gasteiger partial charge in [-0.05, 0) is 80.7 Å². The van der Waals surface area contributed by atoms with Crippen LogP contribution in [-0.2, 0) is 0 Å². The monoisotopic (exact) mass is 340 g/mol. The Bertz CT molecular complexity index is 348. The predicted octanol–water partition coefficient (Wildman–Crippen LogP) is 1.38. The predicted molar refractivity (Wildman–Crippen MR) is 101 cm³/mol. The molecule has 4 N–H and O–H groups in total. The van der Waals surface area contributed by atoms with E-state index in [-0.39, 0.29) is 10.9 Å². The zero-order valence-electron chi connectivity index (χ0n) is 14.5. The summed E-state index contributed by atoms with van der Waals surface area (Å²) >= 11 is 0. The van der Waals surface area contributed by atoms with E-state index in [9.17, 15) is 0 Å². The first-order chi connectivity index (χ1) is 11.3. The molecule has 6 atom stereocenters. The zero-order chi connectivity index (χ0) is 15.5. The molecule has 0 aromatic rings. The maximum atomic E-state index is 3.96. The summed E-state index contributed by atoms with van der Waals surface area (Å²) in [6.45, 7) is 3.65. The highest BCUT2D eigenvalue weighted by atomic mass is 32.2. The molecule has 0 aromatic carbocycles. The molecule has 1 aliphatic carbocycles. The highest BCUT2D eigenvalue weighted by Crippen LogP contribution is 2.37. The first kappa shape index (κ1) is 16.6. The van der Waals surface area contributed by atoms with Gasteiger partial charge in [0.25, 0.3) is 0 Å². The minimum Gasteiger partial charge on any atom is -0.314 e. The fourth-order valence-electron chi connectivity index (χ4n) is 5.13. The van der Waals surface area contributed by atoms with E-state index in [0.717, 1.165) is 23.9 Å². The molecule has 4 nitrogen and oxygen atoms in total. The van der Waals surface area contributed by atoms with Crippen LogP contribution in [0.5, 0.6) is 0 Å². The third-order valence-electron chi connectivity index (χ3n) is 6.41. The maximum absolute atomic E-state index is 3.96. The van der Waals surface area contributed by atoms with Crippen LogP contribution < -0.4 is 21.3 Å². The Morgan fingerprint density at radius 1 is 0.739 bits per heavy atom. The molecule has 3 saturated heterocycles. The summed E-state index contributed by atoms with van der Waals surface area (Å²) in [7, 11) is 0.268. The van der Waals surface area contributed by atoms with Crippen LogP contribution in [0.25, 0.3) is 0 Å². The molecule has 5 heteroatoms. The van der Waals surface area contributed by atoms with Gasteiger partial charge in [0.15, 0.2) is 0 Å². The average Bonchev–Trinajstić information content (AvgIpc) is 2.59. The fraction of sp³-hybridized carbons (Fsp3) is 1.00. The summed E-state index contributed by atoms with van der Waals surface area (Å²) in [4.78, 5) is 0. The molecule has 23 heavy (non-hydrogen) atoms. The van der Waals surface area contributed by atoms with E-state index in [0.29, 0.717) is 6.29 Å². The van der Waals surface area contributed by atoms with Crippen molar-refractivity contribution in [3.8, 4) is 0 Å². The van der Waals surface area contributed by atoms with Gasteiger partial charge in [0.2, 0.25) is 0 Å². The van der Waals surface area contributed by atoms with Crippen molar-refractivity contribution in [2.75, 3.05) is 36.9 Å². The normalized spacial score (nSPS) is 47.5. The minimum absolute atomic E-state index is 0.268. The second kappa shape index (κ2) is 8.05. The number of nitrogens with one attached hydrogen (secondary N) is 4. The molecule has 4 aliphatic rings. The first-order valence-corrected chi connectivity index (χ1v) is 11.9. The quantitative estimate of drug-likeness (QED) is 0.433. The van der Waals surface area contributed by atoms with E-state index < -0.39 is 0 Å². The van der Waals surface area contributed by atoms with Gasteiger partial charge < -0.3 is 5.32 Å². The molecule has 4 fully saturated rings. The van der Waals surface area contributed by atoms with Crippen molar-refractivity contribution < 1.29 is 0 Å². The van der Waals surface area contributed by atoms with Gasteiger partial charge in [-0.1, -0.05) is 6.42 Å². The minimum atomic E-state index is 0.268. The van der Waals surface area contributed by atoms with E-state index in [4.69, 9.17) is 0 Å². The van der Waals surface area contributed by atoms with Gasteiger partial charge >= 0.3 is 0 Å². The van der Waals surface area contributed by atoms with E-state index in [1.807, 2.05) is 0 Å². The molecular formula is C18H36N4S. The van der Waals surface area contributed by atoms with Crippen LogP contribution in [0.4, 0.5) is 0 Å². The molecular weight excluding hydrogens is 304 g/mol. The van der Waals surface area contributed by atoms with Gasteiger partial charge in [0.05, 0.1) is 0 Å². The van der Waals surface area contributed by atoms with Gasteiger partial charge in [0.1, 0.15) is 6.29 Å². The van der Waals surface area contributed by atoms with Crippen molar-refractivity contribution >= 4 is 10.9 Å². The van der Waals surface area contributed by atoms with Crippen LogP contribution in [0.2, 0.25) is 0 Å². The number of hydrogen-bond acceptors (Lipinski definition) is 4. The van der Waals surface area contributed by atoms with Gasteiger partial charge in [-0.2, -0.15) is 0 Å². The van der Waals surface area contributed by atoms with Crippen LogP contribution in [-0.4, -0.2) is 55.3 Å². The maximum Gasteiger partial charge on any atom is 0.112 e. The van der Waals surface area contributed by atoms with Crippen molar-refractivity contribution in [2.45, 2.75) is 63.3 Å². The summed E-state index contributed by atoms with van der Waals surface area (Å²) < 4.78 is 0. The van der Waals surface area contributed by atoms with Crippen LogP contribution in [0, 0.1) is 11.8 Å². The van der Waals surface area contributed by atoms with Crippen LogP contribution >= 0.6 is 10.9 Å². The molecule has 0 radical (unpaired) electrons. The molecule has 0 spiro atoms. The summed E-state index contributed by atoms with van der Waals surface area (Å²) in [6.07, 6.45) is 10.2. The van der Waals surface area contributed by atoms with Gasteiger partial charge in [-0.3, -0.25) is 26.8 Å². The number of rotatable bonds is 0. The van der Waals surface area contributed by atoms with Crippen LogP contribution in [0.3, 0.4) is 0 Å². The Morgan fingerprint density at radius 2 is 1.65 bits per heavy atom. The molecule has 3 aliphatic heterocycles. The van der Waals surface area contributed by atoms with Crippen molar-refractivity contribution in [2.24, 2.45) is 11.8 Å². The highest BCUT2D eigenvalue weighted by Gasteiger charge is 2.28. The van der Waals surface area contributed by atoms with E-state index in [1.54, 1.807) is 0 Å². The second-order valence-electron chi connectivity index (χ2n) is 8.35. The van der Waals surface area contributed by atoms with E-state index in [1.165, 1.54) is 81.8 Å². The molecule has 3 heterocycles. The Morgan fingerprint density at radius 3 is 2.65 bits per heavy atom. The largest absolute Gasteiger partial charge is 0.314 e. The molecule has 4 rings (SSSR count). The summed E-state index contributed by atoms with van der Waals surface area (Å²) in [5.41, 5.74) is 0. The van der Waals surface area contributed by atoms with Crippen molar-refractivity contribution in [3.05, 3.63) is 0 Å². The fourth-order valence-corrected chi connectivity index (χ4v) is 8.23. The van der Waals surface area contributed by atoms with Crippen LogP contribution in [0.1, 0.15) is 44.9 Å². The molecule has 134 valence electrons. The number of fused-ring (bicyclic) bond motifs is 6. The smallest absolute Gasteiger partial charge is 0.112 e. The zero-order valence-corrected chi connectivity index (χ0v) is 15.4. The Kier molecular flexibility index (Phi) is 5.82. The summed E-state index contributed by atoms with van der Waals surface area (Å²) in [5, 5.41) is 15.2. The lowest BCUT2D eigenvalue weighted by Gasteiger charge is -2.41. The van der Waals surface area contributed by atoms with Gasteiger partial charge in [0, 0.05) is 18.6 Å². The summed E-state index contributed by atoms with van der Waals surface area (Å²) in [5.74, 6) is 6.34. The van der Waals surface area contributed by atoms with E-state index in [2.05, 4.69) is 21.3 Å². The Labute approximate surface area is 144 Å². The average molecular weight is 341 g/mol. The Balaban J connectivity index is 1.42. The van der Waals surface area contributed by atoms with E-state index >= 15 is 0 Å². The third kappa shape index (κ3) is 4.63. The molecule has 6 unspecified atom stereocenters. The SMILES string of the molecule is C1CC2CNC3NCCC(C[SH]4CCCC(CNC(C1)C2)C4)N3. The third-order valence-corrected chi connectivity index (χ3v) is 9.35. The topological polar surface area (TPSA) is 48.1 Å². The molecule has 1 saturated carbocycles. The van der Waals surface area contributed by atoms with Crippen molar-refractivity contribution in [3.63, 3.8) is 0 Å². The lowest BCUT2D eigenvalue weighted by atomic mass is 9.85. The lowest BCUT2D eigenvalue weighted by Crippen LogP contribution is -2.62. The first-order valence-electron chi connectivity index (χ1n) is 10.0. The van der Waals surface area contributed by atoms with Gasteiger partial charge in [-0.25, -0.2) is 0 Å². The number of hydrogen-bond donors (Lipinski definition) is 5. The molecule has 6 bridgehead atoms. The standard InChI is InChI=1S/C18H36N4S/c1-3-14-9-16(5-1)20-11-15-4-2-8-23(12-15)13-17-6-7-19-18(22-17)21-10-14/h14-23H,1-13H2. The molecule has 0 amide bonds. The Hall–Kier alpha value is 0.190. The highest BCUT2D eigenvalue weighted by molar-refractivity contribution is 8.17. The van der Waals surface area contributed by atoms with Crippen molar-refractivity contribution in [1.29, 1.82) is 0 Å². The number of thiol groups is 1. The lowest BCUT2D eigenvalue weighted by molar-refractivity contribution is 0.223. The molecule has 0 aromatic heterocycles. The second-order valence-corrected chi connectivity index (χ2v) is 10.9. The van der Waals surface area contributed by atoms with Gasteiger partial charge in [-0.15, -0.1) is 0 Å². The van der Waals surface area contributed by atoms with Crippen molar-refractivity contribution in [1.82, 2.24) is 21.3 Å².